The topological polar surface area (TPSA) is 101 Å². The molecule has 0 aromatic heterocycles. The van der Waals surface area contributed by atoms with Crippen LogP contribution in [0.25, 0.3) is 0 Å². The summed E-state index contributed by atoms with van der Waals surface area (Å²) in [6.07, 6.45) is -5.90. The SMILES string of the molecule is CC(=O)O[C@H]1O[C@H](O)[C@H](OCc2ccccc2)[C@@H](OCc2ccccc2)[C@@H]1OC(C)=O. The van der Waals surface area contributed by atoms with E-state index in [9.17, 15) is 14.7 Å². The zero-order valence-corrected chi connectivity index (χ0v) is 17.4. The van der Waals surface area contributed by atoms with Crippen molar-refractivity contribution >= 4 is 11.9 Å². The Hall–Kier alpha value is -2.78. The van der Waals surface area contributed by atoms with Crippen LogP contribution < -0.4 is 0 Å². The zero-order chi connectivity index (χ0) is 22.2. The average molecular weight is 430 g/mol. The maximum atomic E-state index is 11.8. The molecule has 31 heavy (non-hydrogen) atoms. The second kappa shape index (κ2) is 11.0. The first-order valence-electron chi connectivity index (χ1n) is 9.93. The molecule has 0 saturated carbocycles. The van der Waals surface area contributed by atoms with Crippen LogP contribution in [0.4, 0.5) is 0 Å². The Morgan fingerprint density at radius 1 is 0.774 bits per heavy atom. The van der Waals surface area contributed by atoms with Gasteiger partial charge in [-0.2, -0.15) is 0 Å². The number of benzene rings is 2. The lowest BCUT2D eigenvalue weighted by molar-refractivity contribution is -0.346. The Kier molecular flexibility index (Phi) is 8.13. The van der Waals surface area contributed by atoms with Gasteiger partial charge < -0.3 is 28.8 Å². The van der Waals surface area contributed by atoms with Gasteiger partial charge in [0.15, 0.2) is 12.4 Å². The smallest absolute Gasteiger partial charge is 0.305 e. The maximum Gasteiger partial charge on any atom is 0.305 e. The standard InChI is InChI=1S/C23H26O8/c1-15(24)29-21-19(27-13-17-9-5-3-6-10-17)20(22(26)31-23(21)30-16(2)25)28-14-18-11-7-4-8-12-18/h3-12,19-23,26H,13-14H2,1-2H3/t19-,20-,21+,22+,23+/m1/s1. The highest BCUT2D eigenvalue weighted by Gasteiger charge is 2.50. The molecule has 2 aromatic carbocycles. The predicted octanol–water partition coefficient (Wildman–Crippen LogP) is 2.33. The molecule has 0 spiro atoms. The van der Waals surface area contributed by atoms with E-state index in [4.69, 9.17) is 23.7 Å². The summed E-state index contributed by atoms with van der Waals surface area (Å²) in [5.74, 6) is -1.27. The molecular formula is C23H26O8. The molecule has 1 saturated heterocycles. The van der Waals surface area contributed by atoms with Crippen LogP contribution in [0.2, 0.25) is 0 Å². The van der Waals surface area contributed by atoms with Gasteiger partial charge in [-0.1, -0.05) is 60.7 Å². The van der Waals surface area contributed by atoms with Crippen molar-refractivity contribution in [3.63, 3.8) is 0 Å². The summed E-state index contributed by atoms with van der Waals surface area (Å²) in [6, 6.07) is 18.7. The summed E-state index contributed by atoms with van der Waals surface area (Å²) >= 11 is 0. The van der Waals surface area contributed by atoms with E-state index in [1.807, 2.05) is 60.7 Å². The van der Waals surface area contributed by atoms with E-state index in [2.05, 4.69) is 0 Å². The molecule has 0 radical (unpaired) electrons. The number of carbonyl (C=O) groups excluding carboxylic acids is 2. The van der Waals surface area contributed by atoms with Gasteiger partial charge in [0.05, 0.1) is 13.2 Å². The van der Waals surface area contributed by atoms with Gasteiger partial charge in [-0.25, -0.2) is 0 Å². The first kappa shape index (κ1) is 22.9. The lowest BCUT2D eigenvalue weighted by Gasteiger charge is -2.43. The molecule has 1 aliphatic rings. The average Bonchev–Trinajstić information content (AvgIpc) is 2.74. The van der Waals surface area contributed by atoms with E-state index in [0.717, 1.165) is 11.1 Å². The first-order chi connectivity index (χ1) is 14.9. The third-order valence-electron chi connectivity index (χ3n) is 4.63. The Labute approximate surface area is 180 Å². The van der Waals surface area contributed by atoms with Gasteiger partial charge in [-0.15, -0.1) is 0 Å². The number of rotatable bonds is 8. The maximum absolute atomic E-state index is 11.8. The van der Waals surface area contributed by atoms with Gasteiger partial charge >= 0.3 is 11.9 Å². The molecule has 1 heterocycles. The van der Waals surface area contributed by atoms with Gasteiger partial charge in [-0.05, 0) is 11.1 Å². The summed E-state index contributed by atoms with van der Waals surface area (Å²) in [4.78, 5) is 23.3. The predicted molar refractivity (Wildman–Crippen MR) is 108 cm³/mol. The number of ether oxygens (including phenoxy) is 5. The van der Waals surface area contributed by atoms with Crippen molar-refractivity contribution < 1.29 is 38.4 Å². The highest BCUT2D eigenvalue weighted by atomic mass is 16.8. The molecule has 1 N–H and O–H groups in total. The largest absolute Gasteiger partial charge is 0.453 e. The Bertz CT molecular complexity index is 841. The van der Waals surface area contributed by atoms with E-state index in [-0.39, 0.29) is 13.2 Å². The van der Waals surface area contributed by atoms with E-state index in [1.165, 1.54) is 13.8 Å². The number of aliphatic hydroxyl groups excluding tert-OH is 1. The second-order valence-electron chi connectivity index (χ2n) is 7.10. The van der Waals surface area contributed by atoms with Crippen LogP contribution in [-0.4, -0.2) is 47.9 Å². The molecule has 3 rings (SSSR count). The highest BCUT2D eigenvalue weighted by molar-refractivity contribution is 5.67. The molecule has 0 bridgehead atoms. The first-order valence-corrected chi connectivity index (χ1v) is 9.93. The van der Waals surface area contributed by atoms with Crippen molar-refractivity contribution in [2.45, 2.75) is 58.0 Å². The van der Waals surface area contributed by atoms with Crippen LogP contribution in [-0.2, 0) is 46.5 Å². The van der Waals surface area contributed by atoms with E-state index in [0.29, 0.717) is 0 Å². The van der Waals surface area contributed by atoms with Crippen LogP contribution in [0.15, 0.2) is 60.7 Å². The van der Waals surface area contributed by atoms with Crippen molar-refractivity contribution in [3.8, 4) is 0 Å². The van der Waals surface area contributed by atoms with Crippen LogP contribution in [0.3, 0.4) is 0 Å². The lowest BCUT2D eigenvalue weighted by Crippen LogP contribution is -2.61. The summed E-state index contributed by atoms with van der Waals surface area (Å²) in [6.45, 7) is 2.75. The zero-order valence-electron chi connectivity index (χ0n) is 17.4. The van der Waals surface area contributed by atoms with Crippen LogP contribution in [0.1, 0.15) is 25.0 Å². The third-order valence-corrected chi connectivity index (χ3v) is 4.63. The molecule has 8 nitrogen and oxygen atoms in total. The molecule has 0 amide bonds. The fraction of sp³-hybridized carbons (Fsp3) is 0.391. The van der Waals surface area contributed by atoms with Crippen LogP contribution in [0, 0.1) is 0 Å². The number of hydrogen-bond acceptors (Lipinski definition) is 8. The van der Waals surface area contributed by atoms with Crippen molar-refractivity contribution in [2.24, 2.45) is 0 Å². The summed E-state index contributed by atoms with van der Waals surface area (Å²) in [5.41, 5.74) is 1.75. The molecule has 1 aliphatic heterocycles. The minimum atomic E-state index is -1.47. The highest BCUT2D eigenvalue weighted by Crippen LogP contribution is 2.29. The van der Waals surface area contributed by atoms with E-state index in [1.54, 1.807) is 0 Å². The number of esters is 2. The van der Waals surface area contributed by atoms with Gasteiger partial charge in [0, 0.05) is 13.8 Å². The number of carbonyl (C=O) groups is 2. The van der Waals surface area contributed by atoms with Crippen LogP contribution in [0.5, 0.6) is 0 Å². The normalized spacial score (nSPS) is 25.6. The molecule has 166 valence electrons. The van der Waals surface area contributed by atoms with Gasteiger partial charge in [0.25, 0.3) is 0 Å². The van der Waals surface area contributed by atoms with Crippen molar-refractivity contribution in [2.75, 3.05) is 0 Å². The molecule has 2 aromatic rings. The van der Waals surface area contributed by atoms with Gasteiger partial charge in [0.2, 0.25) is 6.29 Å². The van der Waals surface area contributed by atoms with E-state index < -0.39 is 42.8 Å². The minimum absolute atomic E-state index is 0.161. The molecular weight excluding hydrogens is 404 g/mol. The van der Waals surface area contributed by atoms with E-state index >= 15 is 0 Å². The van der Waals surface area contributed by atoms with Crippen molar-refractivity contribution in [1.82, 2.24) is 0 Å². The van der Waals surface area contributed by atoms with Gasteiger partial charge in [0.1, 0.15) is 12.2 Å². The lowest BCUT2D eigenvalue weighted by atomic mass is 10.0. The van der Waals surface area contributed by atoms with Crippen molar-refractivity contribution in [1.29, 1.82) is 0 Å². The number of hydrogen-bond donors (Lipinski definition) is 1. The van der Waals surface area contributed by atoms with Crippen LogP contribution >= 0.6 is 0 Å². The summed E-state index contributed by atoms with van der Waals surface area (Å²) in [7, 11) is 0. The van der Waals surface area contributed by atoms with Crippen molar-refractivity contribution in [3.05, 3.63) is 71.8 Å². The minimum Gasteiger partial charge on any atom is -0.453 e. The monoisotopic (exact) mass is 430 g/mol. The Morgan fingerprint density at radius 3 is 1.74 bits per heavy atom. The van der Waals surface area contributed by atoms with Gasteiger partial charge in [-0.3, -0.25) is 9.59 Å². The quantitative estimate of drug-likeness (QED) is 0.637. The Morgan fingerprint density at radius 2 is 1.26 bits per heavy atom. The molecule has 0 unspecified atom stereocenters. The fourth-order valence-corrected chi connectivity index (χ4v) is 3.27. The second-order valence-corrected chi connectivity index (χ2v) is 7.10. The third kappa shape index (κ3) is 6.60. The molecule has 5 atom stereocenters. The summed E-state index contributed by atoms with van der Waals surface area (Å²) in [5, 5.41) is 10.6. The molecule has 8 heteroatoms. The summed E-state index contributed by atoms with van der Waals surface area (Å²) < 4.78 is 27.9. The molecule has 1 fully saturated rings. The molecule has 0 aliphatic carbocycles. The fourth-order valence-electron chi connectivity index (χ4n) is 3.27. The Balaban J connectivity index is 1.83. The number of aliphatic hydroxyl groups is 1.